The maximum absolute atomic E-state index is 13.7. The number of hydrogen-bond acceptors (Lipinski definition) is 3. The number of anilines is 1. The molecular weight excluding hydrogens is 388 g/mol. The minimum Gasteiger partial charge on any atom is -0.386 e. The predicted molar refractivity (Wildman–Crippen MR) is 120 cm³/mol. The monoisotopic (exact) mass is 418 g/mol. The molecule has 5 nitrogen and oxygen atoms in total. The van der Waals surface area contributed by atoms with Crippen LogP contribution in [-0.4, -0.2) is 16.9 Å². The molecule has 31 heavy (non-hydrogen) atoms. The minimum absolute atomic E-state index is 0.0581. The summed E-state index contributed by atoms with van der Waals surface area (Å²) in [5, 5.41) is 13.8. The Morgan fingerprint density at radius 1 is 1.00 bits per heavy atom. The number of aryl methyl sites for hydroxylation is 2. The van der Waals surface area contributed by atoms with E-state index >= 15 is 0 Å². The van der Waals surface area contributed by atoms with E-state index in [0.29, 0.717) is 29.5 Å². The molecule has 162 valence electrons. The second-order valence-corrected chi connectivity index (χ2v) is 9.95. The van der Waals surface area contributed by atoms with E-state index in [0.717, 1.165) is 44.2 Å². The molecular formula is C26H30N2O3. The molecule has 5 heteroatoms. The topological polar surface area (TPSA) is 92.4 Å². The molecule has 0 bridgehead atoms. The molecule has 3 aliphatic rings. The maximum Gasteiger partial charge on any atom is 0.249 e. The maximum atomic E-state index is 13.7. The molecule has 2 aromatic carbocycles. The van der Waals surface area contributed by atoms with Crippen LogP contribution in [0.25, 0.3) is 0 Å². The van der Waals surface area contributed by atoms with Crippen molar-refractivity contribution in [1.29, 1.82) is 0 Å². The Morgan fingerprint density at radius 3 is 2.13 bits per heavy atom. The average Bonchev–Trinajstić information content (AvgIpc) is 3.15. The third kappa shape index (κ3) is 3.26. The van der Waals surface area contributed by atoms with Gasteiger partial charge in [0.25, 0.3) is 0 Å². The van der Waals surface area contributed by atoms with Gasteiger partial charge in [-0.1, -0.05) is 18.2 Å². The molecule has 2 aromatic rings. The fourth-order valence-corrected chi connectivity index (χ4v) is 5.48. The Morgan fingerprint density at radius 2 is 1.61 bits per heavy atom. The van der Waals surface area contributed by atoms with Crippen LogP contribution in [0.5, 0.6) is 0 Å². The van der Waals surface area contributed by atoms with Gasteiger partial charge in [-0.3, -0.25) is 9.59 Å². The number of carbonyl (C=O) groups is 2. The van der Waals surface area contributed by atoms with E-state index in [1.165, 1.54) is 22.3 Å². The quantitative estimate of drug-likeness (QED) is 0.692. The summed E-state index contributed by atoms with van der Waals surface area (Å²) in [5.41, 5.74) is 11.9. The van der Waals surface area contributed by atoms with Crippen LogP contribution in [0.2, 0.25) is 0 Å². The van der Waals surface area contributed by atoms with Crippen LogP contribution >= 0.6 is 0 Å². The normalized spacial score (nSPS) is 18.4. The lowest BCUT2D eigenvalue weighted by Crippen LogP contribution is -2.32. The fourth-order valence-electron chi connectivity index (χ4n) is 5.48. The Kier molecular flexibility index (Phi) is 4.52. The zero-order chi connectivity index (χ0) is 22.0. The summed E-state index contributed by atoms with van der Waals surface area (Å²) < 4.78 is 0. The van der Waals surface area contributed by atoms with Crippen molar-refractivity contribution in [2.45, 2.75) is 76.2 Å². The molecule has 0 aromatic heterocycles. The van der Waals surface area contributed by atoms with Gasteiger partial charge in [0.05, 0.1) is 11.0 Å². The van der Waals surface area contributed by atoms with Crippen molar-refractivity contribution in [3.05, 3.63) is 63.2 Å². The molecule has 0 atom stereocenters. The van der Waals surface area contributed by atoms with Gasteiger partial charge >= 0.3 is 0 Å². The third-order valence-corrected chi connectivity index (χ3v) is 7.40. The van der Waals surface area contributed by atoms with Crippen LogP contribution in [-0.2, 0) is 41.5 Å². The van der Waals surface area contributed by atoms with Gasteiger partial charge in [0.2, 0.25) is 11.8 Å². The molecule has 1 fully saturated rings. The summed E-state index contributed by atoms with van der Waals surface area (Å²) in [4.78, 5) is 25.9. The van der Waals surface area contributed by atoms with Crippen LogP contribution in [0, 0.1) is 0 Å². The second-order valence-electron chi connectivity index (χ2n) is 9.95. The number of rotatable bonds is 5. The number of primary amides is 1. The number of nitrogens with two attached hydrogens (primary N) is 1. The number of fused-ring (bicyclic) bond motifs is 2. The molecule has 3 aliphatic carbocycles. The van der Waals surface area contributed by atoms with Crippen molar-refractivity contribution < 1.29 is 14.7 Å². The largest absolute Gasteiger partial charge is 0.386 e. The summed E-state index contributed by atoms with van der Waals surface area (Å²) in [6, 6.07) is 7.52. The molecule has 0 heterocycles. The molecule has 0 spiro atoms. The lowest BCUT2D eigenvalue weighted by molar-refractivity contribution is -0.118. The predicted octanol–water partition coefficient (Wildman–Crippen LogP) is 3.66. The van der Waals surface area contributed by atoms with E-state index in [1.807, 2.05) is 0 Å². The smallest absolute Gasteiger partial charge is 0.249 e. The molecule has 0 aliphatic heterocycles. The van der Waals surface area contributed by atoms with Crippen molar-refractivity contribution in [3.63, 3.8) is 0 Å². The standard InChI is InChI=1S/C26H30N2O3/c1-25(2,31)17-9-10-20(23(27)29)21(14-17)26(11-12-26)24(30)28-22-18-7-3-5-15(18)13-16-6-4-8-19(16)22/h9-10,13-14,31H,3-8,11-12H2,1-2H3,(H2,27,29)(H,28,30). The number of amides is 2. The van der Waals surface area contributed by atoms with Crippen LogP contribution in [0.1, 0.15) is 83.3 Å². The summed E-state index contributed by atoms with van der Waals surface area (Å²) in [7, 11) is 0. The van der Waals surface area contributed by atoms with Crippen LogP contribution in [0.15, 0.2) is 24.3 Å². The van der Waals surface area contributed by atoms with Crippen LogP contribution < -0.4 is 11.1 Å². The van der Waals surface area contributed by atoms with E-state index in [2.05, 4.69) is 11.4 Å². The SMILES string of the molecule is CC(C)(O)c1ccc(C(N)=O)c(C2(C(=O)Nc3c4c(cc5c3CCC5)CCC4)CC2)c1. The van der Waals surface area contributed by atoms with Gasteiger partial charge in [-0.15, -0.1) is 0 Å². The average molecular weight is 419 g/mol. The summed E-state index contributed by atoms with van der Waals surface area (Å²) in [6.07, 6.45) is 7.78. The molecule has 4 N–H and O–H groups in total. The van der Waals surface area contributed by atoms with Gasteiger partial charge in [0.1, 0.15) is 0 Å². The van der Waals surface area contributed by atoms with E-state index < -0.39 is 16.9 Å². The highest BCUT2D eigenvalue weighted by atomic mass is 16.3. The first-order valence-corrected chi connectivity index (χ1v) is 11.4. The molecule has 0 radical (unpaired) electrons. The molecule has 1 saturated carbocycles. The Hall–Kier alpha value is -2.66. The number of carbonyl (C=O) groups excluding carboxylic acids is 2. The third-order valence-electron chi connectivity index (χ3n) is 7.40. The lowest BCUT2D eigenvalue weighted by Gasteiger charge is -2.24. The van der Waals surface area contributed by atoms with Gasteiger partial charge in [0.15, 0.2) is 0 Å². The van der Waals surface area contributed by atoms with E-state index in [4.69, 9.17) is 5.73 Å². The number of benzene rings is 2. The molecule has 0 saturated heterocycles. The van der Waals surface area contributed by atoms with Crippen molar-refractivity contribution in [2.24, 2.45) is 5.73 Å². The van der Waals surface area contributed by atoms with Gasteiger partial charge in [-0.05, 0) is 105 Å². The summed E-state index contributed by atoms with van der Waals surface area (Å²) in [5.74, 6) is -0.602. The first-order valence-electron chi connectivity index (χ1n) is 11.4. The van der Waals surface area contributed by atoms with Crippen LogP contribution in [0.3, 0.4) is 0 Å². The number of aliphatic hydroxyl groups is 1. The van der Waals surface area contributed by atoms with Gasteiger partial charge < -0.3 is 16.2 Å². The molecule has 0 unspecified atom stereocenters. The van der Waals surface area contributed by atoms with Gasteiger partial charge in [-0.25, -0.2) is 0 Å². The number of nitrogens with one attached hydrogen (secondary N) is 1. The van der Waals surface area contributed by atoms with E-state index in [-0.39, 0.29) is 5.91 Å². The first kappa shape index (κ1) is 20.3. The molecule has 2 amide bonds. The molecule has 5 rings (SSSR count). The summed E-state index contributed by atoms with van der Waals surface area (Å²) in [6.45, 7) is 3.40. The highest BCUT2D eigenvalue weighted by molar-refractivity contribution is 6.05. The Labute approximate surface area is 183 Å². The lowest BCUT2D eigenvalue weighted by atomic mass is 9.85. The minimum atomic E-state index is -1.07. The van der Waals surface area contributed by atoms with Crippen molar-refractivity contribution in [2.75, 3.05) is 5.32 Å². The Bertz CT molecular complexity index is 1070. The zero-order valence-electron chi connectivity index (χ0n) is 18.3. The first-order chi connectivity index (χ1) is 14.7. The van der Waals surface area contributed by atoms with Crippen molar-refractivity contribution >= 4 is 17.5 Å². The zero-order valence-corrected chi connectivity index (χ0v) is 18.3. The van der Waals surface area contributed by atoms with Gasteiger partial charge in [0, 0.05) is 11.3 Å². The highest BCUT2D eigenvalue weighted by Gasteiger charge is 2.53. The fraction of sp³-hybridized carbons (Fsp3) is 0.462. The van der Waals surface area contributed by atoms with Crippen molar-refractivity contribution in [3.8, 4) is 0 Å². The van der Waals surface area contributed by atoms with E-state index in [1.54, 1.807) is 32.0 Å². The van der Waals surface area contributed by atoms with Crippen LogP contribution in [0.4, 0.5) is 5.69 Å². The van der Waals surface area contributed by atoms with Crippen molar-refractivity contribution in [1.82, 2.24) is 0 Å². The van der Waals surface area contributed by atoms with E-state index in [9.17, 15) is 14.7 Å². The summed E-state index contributed by atoms with van der Waals surface area (Å²) >= 11 is 0. The second kappa shape index (κ2) is 6.92. The Balaban J connectivity index is 1.56. The van der Waals surface area contributed by atoms with Gasteiger partial charge in [-0.2, -0.15) is 0 Å². The highest BCUT2D eigenvalue weighted by Crippen LogP contribution is 2.51. The number of hydrogen-bond donors (Lipinski definition) is 3.